The van der Waals surface area contributed by atoms with E-state index in [-0.39, 0.29) is 4.90 Å². The zero-order chi connectivity index (χ0) is 14.6. The number of aromatic nitrogens is 1. The average molecular weight is 359 g/mol. The van der Waals surface area contributed by atoms with Gasteiger partial charge in [-0.2, -0.15) is 0 Å². The van der Waals surface area contributed by atoms with Crippen LogP contribution in [0, 0.1) is 0 Å². The van der Waals surface area contributed by atoms with Gasteiger partial charge >= 0.3 is 0 Å². The lowest BCUT2D eigenvalue weighted by molar-refractivity contribution is 0.411. The number of rotatable bonds is 6. The van der Waals surface area contributed by atoms with Crippen molar-refractivity contribution in [1.82, 2.24) is 9.29 Å². The summed E-state index contributed by atoms with van der Waals surface area (Å²) in [7, 11) is -1.98. The molecule has 0 unspecified atom stereocenters. The summed E-state index contributed by atoms with van der Waals surface area (Å²) in [4.78, 5) is 0.206. The standard InChI is InChI=1S/C13H15BrN2O3S/c1-19-13-5-4-11(10-12(13)14)20(17,18)15-6-9-16-7-2-3-8-16/h2-5,7-8,10,15H,6,9H2,1H3. The molecule has 1 aromatic carbocycles. The molecule has 0 aliphatic rings. The third-order valence-corrected chi connectivity index (χ3v) is 4.84. The van der Waals surface area contributed by atoms with Crippen molar-refractivity contribution < 1.29 is 13.2 Å². The summed E-state index contributed by atoms with van der Waals surface area (Å²) in [6.07, 6.45) is 3.77. The number of hydrogen-bond acceptors (Lipinski definition) is 3. The Morgan fingerprint density at radius 1 is 1.30 bits per heavy atom. The molecule has 5 nitrogen and oxygen atoms in total. The molecule has 2 aromatic rings. The fourth-order valence-corrected chi connectivity index (χ4v) is 3.47. The van der Waals surface area contributed by atoms with E-state index in [4.69, 9.17) is 4.74 Å². The Morgan fingerprint density at radius 2 is 2.00 bits per heavy atom. The first kappa shape index (κ1) is 15.1. The summed E-state index contributed by atoms with van der Waals surface area (Å²) in [5, 5.41) is 0. The fraction of sp³-hybridized carbons (Fsp3) is 0.231. The van der Waals surface area contributed by atoms with Crippen molar-refractivity contribution in [2.24, 2.45) is 0 Å². The van der Waals surface area contributed by atoms with Crippen molar-refractivity contribution in [3.63, 3.8) is 0 Å². The Kier molecular flexibility index (Phi) is 4.85. The van der Waals surface area contributed by atoms with Gasteiger partial charge in [0.05, 0.1) is 16.5 Å². The number of ether oxygens (including phenoxy) is 1. The molecule has 0 aliphatic heterocycles. The van der Waals surface area contributed by atoms with E-state index < -0.39 is 10.0 Å². The number of sulfonamides is 1. The SMILES string of the molecule is COc1ccc(S(=O)(=O)NCCn2cccc2)cc1Br. The van der Waals surface area contributed by atoms with Crippen LogP contribution < -0.4 is 9.46 Å². The smallest absolute Gasteiger partial charge is 0.240 e. The Balaban J connectivity index is 2.04. The maximum absolute atomic E-state index is 12.1. The molecule has 0 fully saturated rings. The zero-order valence-corrected chi connectivity index (χ0v) is 13.3. The van der Waals surface area contributed by atoms with Crippen LogP contribution in [0.15, 0.2) is 52.1 Å². The molecule has 0 bridgehead atoms. The highest BCUT2D eigenvalue weighted by Gasteiger charge is 2.15. The van der Waals surface area contributed by atoms with E-state index in [2.05, 4.69) is 20.7 Å². The molecule has 2 rings (SSSR count). The maximum atomic E-state index is 12.1. The molecule has 0 aliphatic carbocycles. The van der Waals surface area contributed by atoms with Crippen LogP contribution in [0.3, 0.4) is 0 Å². The third kappa shape index (κ3) is 3.62. The number of benzene rings is 1. The van der Waals surface area contributed by atoms with Crippen molar-refractivity contribution in [3.8, 4) is 5.75 Å². The molecule has 1 heterocycles. The van der Waals surface area contributed by atoms with Crippen molar-refractivity contribution >= 4 is 26.0 Å². The third-order valence-electron chi connectivity index (χ3n) is 2.76. The second-order valence-electron chi connectivity index (χ2n) is 4.11. The van der Waals surface area contributed by atoms with Crippen molar-refractivity contribution in [1.29, 1.82) is 0 Å². The molecule has 7 heteroatoms. The van der Waals surface area contributed by atoms with Gasteiger partial charge in [0.15, 0.2) is 0 Å². The van der Waals surface area contributed by atoms with Crippen LogP contribution in [0.25, 0.3) is 0 Å². The van der Waals surface area contributed by atoms with E-state index in [0.29, 0.717) is 23.3 Å². The molecule has 1 N–H and O–H groups in total. The van der Waals surface area contributed by atoms with Gasteiger partial charge in [-0.25, -0.2) is 13.1 Å². The van der Waals surface area contributed by atoms with Crippen LogP contribution in [0.2, 0.25) is 0 Å². The van der Waals surface area contributed by atoms with Gasteiger partial charge in [-0.15, -0.1) is 0 Å². The number of nitrogens with zero attached hydrogens (tertiary/aromatic N) is 1. The Morgan fingerprint density at radius 3 is 2.60 bits per heavy atom. The molecule has 0 saturated carbocycles. The minimum atomic E-state index is -3.51. The van der Waals surface area contributed by atoms with E-state index >= 15 is 0 Å². The fourth-order valence-electron chi connectivity index (χ4n) is 1.73. The Labute approximate surface area is 126 Å². The lowest BCUT2D eigenvalue weighted by atomic mass is 10.3. The monoisotopic (exact) mass is 358 g/mol. The first-order valence-corrected chi connectivity index (χ1v) is 8.24. The highest BCUT2D eigenvalue weighted by atomic mass is 79.9. The molecule has 1 aromatic heterocycles. The number of hydrogen-bond donors (Lipinski definition) is 1. The molecule has 0 radical (unpaired) electrons. The van der Waals surface area contributed by atoms with Gasteiger partial charge in [-0.1, -0.05) is 0 Å². The molecule has 20 heavy (non-hydrogen) atoms. The number of nitrogens with one attached hydrogen (secondary N) is 1. The Hall–Kier alpha value is -1.31. The van der Waals surface area contributed by atoms with Gasteiger partial charge in [-0.3, -0.25) is 0 Å². The summed E-state index contributed by atoms with van der Waals surface area (Å²) < 4.78 is 34.4. The highest BCUT2D eigenvalue weighted by Crippen LogP contribution is 2.27. The number of halogens is 1. The zero-order valence-electron chi connectivity index (χ0n) is 10.9. The summed E-state index contributed by atoms with van der Waals surface area (Å²) >= 11 is 3.28. The quantitative estimate of drug-likeness (QED) is 0.861. The van der Waals surface area contributed by atoms with Crippen molar-refractivity contribution in [2.75, 3.05) is 13.7 Å². The van der Waals surface area contributed by atoms with E-state index in [1.165, 1.54) is 19.2 Å². The molecule has 0 amide bonds. The first-order chi connectivity index (χ1) is 9.53. The minimum absolute atomic E-state index is 0.206. The largest absolute Gasteiger partial charge is 0.496 e. The second-order valence-corrected chi connectivity index (χ2v) is 6.74. The van der Waals surface area contributed by atoms with Crippen LogP contribution in [-0.4, -0.2) is 26.6 Å². The van der Waals surface area contributed by atoms with Crippen LogP contribution in [0.5, 0.6) is 5.75 Å². The van der Waals surface area contributed by atoms with Crippen molar-refractivity contribution in [2.45, 2.75) is 11.4 Å². The first-order valence-electron chi connectivity index (χ1n) is 5.97. The van der Waals surface area contributed by atoms with Crippen LogP contribution in [0.1, 0.15) is 0 Å². The van der Waals surface area contributed by atoms with Gasteiger partial charge in [-0.05, 0) is 46.3 Å². The second kappa shape index (κ2) is 6.43. The van der Waals surface area contributed by atoms with Crippen molar-refractivity contribution in [3.05, 3.63) is 47.2 Å². The highest BCUT2D eigenvalue weighted by molar-refractivity contribution is 9.10. The van der Waals surface area contributed by atoms with Gasteiger partial charge < -0.3 is 9.30 Å². The van der Waals surface area contributed by atoms with E-state index in [1.54, 1.807) is 6.07 Å². The molecular formula is C13H15BrN2O3S. The normalized spacial score (nSPS) is 11.5. The molecule has 108 valence electrons. The van der Waals surface area contributed by atoms with E-state index in [1.807, 2.05) is 29.1 Å². The maximum Gasteiger partial charge on any atom is 0.240 e. The van der Waals surface area contributed by atoms with Crippen LogP contribution in [0.4, 0.5) is 0 Å². The molecular weight excluding hydrogens is 344 g/mol. The van der Waals surface area contributed by atoms with Gasteiger partial charge in [0, 0.05) is 25.5 Å². The summed E-state index contributed by atoms with van der Waals surface area (Å²) in [5.74, 6) is 0.594. The minimum Gasteiger partial charge on any atom is -0.496 e. The summed E-state index contributed by atoms with van der Waals surface area (Å²) in [6, 6.07) is 8.45. The lowest BCUT2D eigenvalue weighted by Crippen LogP contribution is -2.27. The molecule has 0 atom stereocenters. The van der Waals surface area contributed by atoms with Gasteiger partial charge in [0.25, 0.3) is 0 Å². The predicted molar refractivity (Wildman–Crippen MR) is 80.3 cm³/mol. The molecule has 0 saturated heterocycles. The van der Waals surface area contributed by atoms with Crippen LogP contribution >= 0.6 is 15.9 Å². The van der Waals surface area contributed by atoms with E-state index in [9.17, 15) is 8.42 Å². The van der Waals surface area contributed by atoms with Crippen LogP contribution in [-0.2, 0) is 16.6 Å². The summed E-state index contributed by atoms with van der Waals surface area (Å²) in [5.41, 5.74) is 0. The average Bonchev–Trinajstić information content (AvgIpc) is 2.91. The van der Waals surface area contributed by atoms with E-state index in [0.717, 1.165) is 0 Å². The lowest BCUT2D eigenvalue weighted by Gasteiger charge is -2.09. The summed E-state index contributed by atoms with van der Waals surface area (Å²) in [6.45, 7) is 0.921. The topological polar surface area (TPSA) is 60.3 Å². The molecule has 0 spiro atoms. The van der Waals surface area contributed by atoms with Gasteiger partial charge in [0.1, 0.15) is 5.75 Å². The van der Waals surface area contributed by atoms with Gasteiger partial charge in [0.2, 0.25) is 10.0 Å². The Bertz CT molecular complexity index is 669. The predicted octanol–water partition coefficient (Wildman–Crippen LogP) is 2.24. The number of methoxy groups -OCH3 is 1.